The second-order valence-corrected chi connectivity index (χ2v) is 7.42. The van der Waals surface area contributed by atoms with E-state index in [1.807, 2.05) is 13.8 Å². The molecule has 0 bridgehead atoms. The molecule has 116 valence electrons. The minimum Gasteiger partial charge on any atom is -0.490 e. The van der Waals surface area contributed by atoms with Crippen molar-refractivity contribution in [3.63, 3.8) is 0 Å². The molecular formula is C17H18O4S. The van der Waals surface area contributed by atoms with Crippen LogP contribution in [0.1, 0.15) is 11.1 Å². The van der Waals surface area contributed by atoms with E-state index < -0.39 is 9.84 Å². The van der Waals surface area contributed by atoms with Crippen molar-refractivity contribution in [1.29, 1.82) is 0 Å². The Hall–Kier alpha value is -1.85. The van der Waals surface area contributed by atoms with Crippen molar-refractivity contribution < 1.29 is 17.9 Å². The normalized spacial score (nSPS) is 17.3. The number of hydrogen-bond donors (Lipinski definition) is 0. The number of epoxide rings is 1. The summed E-state index contributed by atoms with van der Waals surface area (Å²) in [5, 5.41) is 0. The van der Waals surface area contributed by atoms with Gasteiger partial charge in [0.05, 0.1) is 16.4 Å². The summed E-state index contributed by atoms with van der Waals surface area (Å²) >= 11 is 0. The molecule has 0 saturated carbocycles. The summed E-state index contributed by atoms with van der Waals surface area (Å²) in [6, 6.07) is 11.8. The van der Waals surface area contributed by atoms with Gasteiger partial charge in [0.25, 0.3) is 0 Å². The van der Waals surface area contributed by atoms with E-state index in [-0.39, 0.29) is 6.10 Å². The molecular weight excluding hydrogens is 300 g/mol. The SMILES string of the molecule is Cc1cc(S(=O)(=O)c2ccccc2)cc(C)c1OCC1CO1. The highest BCUT2D eigenvalue weighted by Gasteiger charge is 2.24. The minimum atomic E-state index is -3.50. The number of rotatable bonds is 5. The van der Waals surface area contributed by atoms with Gasteiger partial charge in [0.2, 0.25) is 9.84 Å². The topological polar surface area (TPSA) is 55.9 Å². The lowest BCUT2D eigenvalue weighted by Crippen LogP contribution is -2.08. The van der Waals surface area contributed by atoms with E-state index in [0.717, 1.165) is 23.5 Å². The molecule has 0 amide bonds. The van der Waals surface area contributed by atoms with E-state index in [9.17, 15) is 8.42 Å². The van der Waals surface area contributed by atoms with Gasteiger partial charge in [-0.3, -0.25) is 0 Å². The Morgan fingerprint density at radius 1 is 1.09 bits per heavy atom. The van der Waals surface area contributed by atoms with Gasteiger partial charge in [-0.1, -0.05) is 18.2 Å². The number of hydrogen-bond acceptors (Lipinski definition) is 4. The van der Waals surface area contributed by atoms with Crippen molar-refractivity contribution in [1.82, 2.24) is 0 Å². The molecule has 3 rings (SSSR count). The zero-order valence-electron chi connectivity index (χ0n) is 12.6. The molecule has 2 aromatic carbocycles. The van der Waals surface area contributed by atoms with Gasteiger partial charge >= 0.3 is 0 Å². The first kappa shape index (κ1) is 15.1. The molecule has 1 unspecified atom stereocenters. The standard InChI is InChI=1S/C17H18O4S/c1-12-8-16(22(18,19)15-6-4-3-5-7-15)9-13(2)17(12)21-11-14-10-20-14/h3-9,14H,10-11H2,1-2H3. The van der Waals surface area contributed by atoms with Crippen LogP contribution in [0.3, 0.4) is 0 Å². The molecule has 0 radical (unpaired) electrons. The first-order chi connectivity index (χ1) is 10.5. The smallest absolute Gasteiger partial charge is 0.206 e. The highest BCUT2D eigenvalue weighted by molar-refractivity contribution is 7.91. The zero-order chi connectivity index (χ0) is 15.7. The van der Waals surface area contributed by atoms with Crippen LogP contribution < -0.4 is 4.74 Å². The summed E-state index contributed by atoms with van der Waals surface area (Å²) in [5.41, 5.74) is 1.63. The quantitative estimate of drug-likeness (QED) is 0.795. The van der Waals surface area contributed by atoms with Crippen LogP contribution in [0, 0.1) is 13.8 Å². The van der Waals surface area contributed by atoms with Crippen LogP contribution in [0.5, 0.6) is 5.75 Å². The summed E-state index contributed by atoms with van der Waals surface area (Å²) in [7, 11) is -3.50. The molecule has 1 atom stereocenters. The van der Waals surface area contributed by atoms with E-state index in [4.69, 9.17) is 9.47 Å². The van der Waals surface area contributed by atoms with Gasteiger partial charge in [0.1, 0.15) is 18.5 Å². The van der Waals surface area contributed by atoms with Gasteiger partial charge in [-0.25, -0.2) is 8.42 Å². The highest BCUT2D eigenvalue weighted by atomic mass is 32.2. The Morgan fingerprint density at radius 2 is 1.68 bits per heavy atom. The first-order valence-electron chi connectivity index (χ1n) is 7.14. The number of ether oxygens (including phenoxy) is 2. The van der Waals surface area contributed by atoms with Gasteiger partial charge in [-0.15, -0.1) is 0 Å². The van der Waals surface area contributed by atoms with Crippen molar-refractivity contribution >= 4 is 9.84 Å². The molecule has 1 saturated heterocycles. The van der Waals surface area contributed by atoms with E-state index in [0.29, 0.717) is 16.4 Å². The van der Waals surface area contributed by atoms with E-state index >= 15 is 0 Å². The maximum atomic E-state index is 12.7. The second kappa shape index (κ2) is 5.74. The Balaban J connectivity index is 1.94. The third kappa shape index (κ3) is 3.00. The third-order valence-corrected chi connectivity index (χ3v) is 5.36. The van der Waals surface area contributed by atoms with Crippen LogP contribution in [0.4, 0.5) is 0 Å². The summed E-state index contributed by atoms with van der Waals surface area (Å²) in [6.45, 7) is 4.96. The fourth-order valence-corrected chi connectivity index (χ4v) is 3.82. The lowest BCUT2D eigenvalue weighted by Gasteiger charge is -2.14. The predicted octanol–water partition coefficient (Wildman–Crippen LogP) is 2.91. The monoisotopic (exact) mass is 318 g/mol. The second-order valence-electron chi connectivity index (χ2n) is 5.47. The molecule has 0 aromatic heterocycles. The van der Waals surface area contributed by atoms with E-state index in [1.165, 1.54) is 0 Å². The predicted molar refractivity (Wildman–Crippen MR) is 83.0 cm³/mol. The fraction of sp³-hybridized carbons (Fsp3) is 0.294. The van der Waals surface area contributed by atoms with Gasteiger partial charge in [-0.05, 0) is 49.2 Å². The molecule has 0 spiro atoms. The average molecular weight is 318 g/mol. The highest BCUT2D eigenvalue weighted by Crippen LogP contribution is 2.30. The molecule has 1 aliphatic rings. The van der Waals surface area contributed by atoms with Crippen molar-refractivity contribution in [2.45, 2.75) is 29.7 Å². The largest absolute Gasteiger partial charge is 0.490 e. The number of benzene rings is 2. The van der Waals surface area contributed by atoms with E-state index in [1.54, 1.807) is 42.5 Å². The number of sulfone groups is 1. The molecule has 4 nitrogen and oxygen atoms in total. The minimum absolute atomic E-state index is 0.173. The van der Waals surface area contributed by atoms with Crippen molar-refractivity contribution in [2.75, 3.05) is 13.2 Å². The molecule has 1 fully saturated rings. The van der Waals surface area contributed by atoms with Crippen molar-refractivity contribution in [2.24, 2.45) is 0 Å². The van der Waals surface area contributed by atoms with E-state index in [2.05, 4.69) is 0 Å². The molecule has 22 heavy (non-hydrogen) atoms. The lowest BCUT2D eigenvalue weighted by atomic mass is 10.1. The molecule has 2 aromatic rings. The summed E-state index contributed by atoms with van der Waals surface area (Å²) < 4.78 is 36.2. The Bertz CT molecular complexity index is 755. The molecule has 5 heteroatoms. The lowest BCUT2D eigenvalue weighted by molar-refractivity contribution is 0.260. The van der Waals surface area contributed by atoms with Crippen LogP contribution in [0.25, 0.3) is 0 Å². The first-order valence-corrected chi connectivity index (χ1v) is 8.62. The van der Waals surface area contributed by atoms with Crippen molar-refractivity contribution in [3.05, 3.63) is 53.6 Å². The Kier molecular flexibility index (Phi) is 3.93. The van der Waals surface area contributed by atoms with Crippen LogP contribution in [-0.4, -0.2) is 27.7 Å². The Morgan fingerprint density at radius 3 is 2.23 bits per heavy atom. The van der Waals surface area contributed by atoms with Gasteiger partial charge in [0, 0.05) is 0 Å². The average Bonchev–Trinajstić information content (AvgIpc) is 3.31. The maximum absolute atomic E-state index is 12.7. The van der Waals surface area contributed by atoms with Crippen LogP contribution in [-0.2, 0) is 14.6 Å². The Labute approximate surface area is 130 Å². The fourth-order valence-electron chi connectivity index (χ4n) is 2.37. The van der Waals surface area contributed by atoms with Gasteiger partial charge in [0.15, 0.2) is 0 Å². The number of aryl methyl sites for hydroxylation is 2. The van der Waals surface area contributed by atoms with Gasteiger partial charge in [-0.2, -0.15) is 0 Å². The zero-order valence-corrected chi connectivity index (χ0v) is 13.4. The molecule has 1 heterocycles. The summed E-state index contributed by atoms with van der Waals surface area (Å²) in [6.07, 6.45) is 0.173. The molecule has 0 aliphatic carbocycles. The van der Waals surface area contributed by atoms with Crippen LogP contribution in [0.15, 0.2) is 52.3 Å². The van der Waals surface area contributed by atoms with Crippen LogP contribution >= 0.6 is 0 Å². The van der Waals surface area contributed by atoms with Crippen molar-refractivity contribution in [3.8, 4) is 5.75 Å². The third-order valence-electron chi connectivity index (χ3n) is 3.61. The van der Waals surface area contributed by atoms with Gasteiger partial charge < -0.3 is 9.47 Å². The summed E-state index contributed by atoms with van der Waals surface area (Å²) in [5.74, 6) is 0.738. The molecule has 0 N–H and O–H groups in total. The summed E-state index contributed by atoms with van der Waals surface area (Å²) in [4.78, 5) is 0.595. The van der Waals surface area contributed by atoms with Crippen LogP contribution in [0.2, 0.25) is 0 Å². The maximum Gasteiger partial charge on any atom is 0.206 e. The molecule has 1 aliphatic heterocycles.